The van der Waals surface area contributed by atoms with Crippen LogP contribution in [0.2, 0.25) is 0 Å². The monoisotopic (exact) mass is 183 g/mol. The van der Waals surface area contributed by atoms with Gasteiger partial charge in [0.15, 0.2) is 5.82 Å². The standard InChI is InChI=1S/C9H14FN3/c1-6(2)13-7(3)9-11-4-8(10)5-12-9/h4-7,13H,1-3H3/t7-/m0/s1. The van der Waals surface area contributed by atoms with E-state index < -0.39 is 5.82 Å². The second kappa shape index (κ2) is 4.28. The topological polar surface area (TPSA) is 37.8 Å². The molecule has 0 unspecified atom stereocenters. The molecule has 0 saturated carbocycles. The number of hydrogen-bond acceptors (Lipinski definition) is 3. The van der Waals surface area contributed by atoms with E-state index in [0.717, 1.165) is 0 Å². The summed E-state index contributed by atoms with van der Waals surface area (Å²) in [6.07, 6.45) is 2.36. The number of rotatable bonds is 3. The van der Waals surface area contributed by atoms with Crippen molar-refractivity contribution in [2.45, 2.75) is 32.9 Å². The zero-order chi connectivity index (χ0) is 9.84. The van der Waals surface area contributed by atoms with Crippen LogP contribution in [0.25, 0.3) is 0 Å². The summed E-state index contributed by atoms with van der Waals surface area (Å²) >= 11 is 0. The van der Waals surface area contributed by atoms with Crippen molar-refractivity contribution < 1.29 is 4.39 Å². The van der Waals surface area contributed by atoms with Gasteiger partial charge in [-0.05, 0) is 6.92 Å². The highest BCUT2D eigenvalue weighted by Crippen LogP contribution is 2.06. The molecule has 0 fully saturated rings. The molecule has 3 nitrogen and oxygen atoms in total. The van der Waals surface area contributed by atoms with Gasteiger partial charge in [-0.15, -0.1) is 0 Å². The molecule has 0 saturated heterocycles. The van der Waals surface area contributed by atoms with E-state index in [4.69, 9.17) is 0 Å². The smallest absolute Gasteiger partial charge is 0.159 e. The second-order valence-electron chi connectivity index (χ2n) is 3.30. The molecule has 4 heteroatoms. The average Bonchev–Trinajstić information content (AvgIpc) is 2.04. The summed E-state index contributed by atoms with van der Waals surface area (Å²) in [5.74, 6) is 0.218. The lowest BCUT2D eigenvalue weighted by molar-refractivity contribution is 0.483. The van der Waals surface area contributed by atoms with Crippen molar-refractivity contribution in [1.82, 2.24) is 15.3 Å². The highest BCUT2D eigenvalue weighted by Gasteiger charge is 2.08. The molecule has 0 aliphatic carbocycles. The van der Waals surface area contributed by atoms with E-state index in [1.807, 2.05) is 20.8 Å². The molecule has 1 heterocycles. The number of nitrogens with zero attached hydrogens (tertiary/aromatic N) is 2. The number of hydrogen-bond donors (Lipinski definition) is 1. The lowest BCUT2D eigenvalue weighted by Crippen LogP contribution is -2.27. The minimum absolute atomic E-state index is 0.0561. The third kappa shape index (κ3) is 3.06. The Labute approximate surface area is 77.4 Å². The fourth-order valence-electron chi connectivity index (χ4n) is 1.12. The summed E-state index contributed by atoms with van der Waals surface area (Å²) in [7, 11) is 0. The van der Waals surface area contributed by atoms with E-state index in [-0.39, 0.29) is 6.04 Å². The van der Waals surface area contributed by atoms with E-state index in [9.17, 15) is 4.39 Å². The summed E-state index contributed by atoms with van der Waals surface area (Å²) in [5.41, 5.74) is 0. The van der Waals surface area contributed by atoms with E-state index >= 15 is 0 Å². The number of nitrogens with one attached hydrogen (secondary N) is 1. The largest absolute Gasteiger partial charge is 0.305 e. The number of aromatic nitrogens is 2. The van der Waals surface area contributed by atoms with Crippen molar-refractivity contribution in [3.8, 4) is 0 Å². The van der Waals surface area contributed by atoms with E-state index in [1.54, 1.807) is 0 Å². The van der Waals surface area contributed by atoms with Crippen molar-refractivity contribution in [2.24, 2.45) is 0 Å². The molecule has 1 N–H and O–H groups in total. The first-order chi connectivity index (χ1) is 6.09. The summed E-state index contributed by atoms with van der Waals surface area (Å²) in [4.78, 5) is 7.77. The predicted molar refractivity (Wildman–Crippen MR) is 48.7 cm³/mol. The van der Waals surface area contributed by atoms with Crippen LogP contribution in [0.1, 0.15) is 32.6 Å². The second-order valence-corrected chi connectivity index (χ2v) is 3.30. The maximum absolute atomic E-state index is 12.5. The fourth-order valence-corrected chi connectivity index (χ4v) is 1.12. The van der Waals surface area contributed by atoms with Gasteiger partial charge in [-0.3, -0.25) is 0 Å². The van der Waals surface area contributed by atoms with Crippen LogP contribution in [0.5, 0.6) is 0 Å². The van der Waals surface area contributed by atoms with Crippen LogP contribution in [0.15, 0.2) is 12.4 Å². The molecule has 0 spiro atoms. The lowest BCUT2D eigenvalue weighted by Gasteiger charge is -2.14. The van der Waals surface area contributed by atoms with Gasteiger partial charge < -0.3 is 5.32 Å². The van der Waals surface area contributed by atoms with Gasteiger partial charge >= 0.3 is 0 Å². The van der Waals surface area contributed by atoms with Gasteiger partial charge in [0.2, 0.25) is 0 Å². The van der Waals surface area contributed by atoms with Crippen molar-refractivity contribution in [2.75, 3.05) is 0 Å². The van der Waals surface area contributed by atoms with Crippen LogP contribution in [-0.4, -0.2) is 16.0 Å². The molecule has 13 heavy (non-hydrogen) atoms. The minimum atomic E-state index is -0.402. The Morgan fingerprint density at radius 1 is 1.23 bits per heavy atom. The van der Waals surface area contributed by atoms with Crippen LogP contribution in [0.3, 0.4) is 0 Å². The Morgan fingerprint density at radius 2 is 1.77 bits per heavy atom. The lowest BCUT2D eigenvalue weighted by atomic mass is 10.2. The molecule has 72 valence electrons. The molecule has 0 aliphatic heterocycles. The molecule has 0 bridgehead atoms. The van der Waals surface area contributed by atoms with E-state index in [2.05, 4.69) is 15.3 Å². The van der Waals surface area contributed by atoms with Gasteiger partial charge in [0.25, 0.3) is 0 Å². The van der Waals surface area contributed by atoms with Crippen LogP contribution in [0, 0.1) is 5.82 Å². The molecule has 1 atom stereocenters. The summed E-state index contributed by atoms with van der Waals surface area (Å²) in [5, 5.41) is 3.23. The molecule has 0 amide bonds. The van der Waals surface area contributed by atoms with Crippen molar-refractivity contribution in [1.29, 1.82) is 0 Å². The van der Waals surface area contributed by atoms with Gasteiger partial charge in [-0.25, -0.2) is 14.4 Å². The van der Waals surface area contributed by atoms with Crippen molar-refractivity contribution in [3.05, 3.63) is 24.0 Å². The zero-order valence-electron chi connectivity index (χ0n) is 8.08. The fraction of sp³-hybridized carbons (Fsp3) is 0.556. The van der Waals surface area contributed by atoms with Crippen molar-refractivity contribution in [3.63, 3.8) is 0 Å². The molecule has 0 aliphatic rings. The zero-order valence-corrected chi connectivity index (χ0v) is 8.08. The molecule has 1 aromatic rings. The first-order valence-electron chi connectivity index (χ1n) is 4.33. The molecule has 1 rings (SSSR count). The normalized spacial score (nSPS) is 13.3. The SMILES string of the molecule is CC(C)N[C@@H](C)c1ncc(F)cn1. The Bertz CT molecular complexity index is 258. The first kappa shape index (κ1) is 10.1. The predicted octanol–water partition coefficient (Wildman–Crippen LogP) is 1.67. The highest BCUT2D eigenvalue weighted by molar-refractivity contribution is 4.96. The molecule has 0 radical (unpaired) electrons. The van der Waals surface area contributed by atoms with Gasteiger partial charge in [0.05, 0.1) is 18.4 Å². The Balaban J connectivity index is 2.66. The van der Waals surface area contributed by atoms with Crippen molar-refractivity contribution >= 4 is 0 Å². The Kier molecular flexibility index (Phi) is 3.31. The summed E-state index contributed by atoms with van der Waals surface area (Å²) < 4.78 is 12.5. The minimum Gasteiger partial charge on any atom is -0.305 e. The molecule has 0 aromatic carbocycles. The Hall–Kier alpha value is -1.03. The first-order valence-corrected chi connectivity index (χ1v) is 4.33. The summed E-state index contributed by atoms with van der Waals surface area (Å²) in [6.45, 7) is 6.04. The van der Waals surface area contributed by atoms with Gasteiger partial charge in [-0.2, -0.15) is 0 Å². The average molecular weight is 183 g/mol. The molecular formula is C9H14FN3. The van der Waals surface area contributed by atoms with Crippen LogP contribution >= 0.6 is 0 Å². The van der Waals surface area contributed by atoms with Gasteiger partial charge in [0.1, 0.15) is 5.82 Å². The van der Waals surface area contributed by atoms with Crippen LogP contribution < -0.4 is 5.32 Å². The van der Waals surface area contributed by atoms with E-state index in [0.29, 0.717) is 11.9 Å². The van der Waals surface area contributed by atoms with Crippen LogP contribution in [0.4, 0.5) is 4.39 Å². The number of halogens is 1. The van der Waals surface area contributed by atoms with Gasteiger partial charge in [-0.1, -0.05) is 13.8 Å². The third-order valence-corrected chi connectivity index (χ3v) is 1.61. The molecule has 1 aromatic heterocycles. The molecular weight excluding hydrogens is 169 g/mol. The van der Waals surface area contributed by atoms with Crippen LogP contribution in [-0.2, 0) is 0 Å². The quantitative estimate of drug-likeness (QED) is 0.774. The maximum atomic E-state index is 12.5. The maximum Gasteiger partial charge on any atom is 0.159 e. The van der Waals surface area contributed by atoms with E-state index in [1.165, 1.54) is 12.4 Å². The Morgan fingerprint density at radius 3 is 2.23 bits per heavy atom. The highest BCUT2D eigenvalue weighted by atomic mass is 19.1. The van der Waals surface area contributed by atoms with Gasteiger partial charge in [0, 0.05) is 6.04 Å². The summed E-state index contributed by atoms with van der Waals surface area (Å²) in [6, 6.07) is 0.421. The third-order valence-electron chi connectivity index (χ3n) is 1.61.